The highest BCUT2D eigenvalue weighted by Crippen LogP contribution is 2.25. The molecule has 1 aliphatic heterocycles. The molecule has 1 aromatic carbocycles. The molecule has 0 bridgehead atoms. The zero-order valence-electron chi connectivity index (χ0n) is 11.1. The molecule has 1 aliphatic rings. The predicted molar refractivity (Wildman–Crippen MR) is 79.7 cm³/mol. The third kappa shape index (κ3) is 3.12. The van der Waals surface area contributed by atoms with E-state index < -0.39 is 0 Å². The van der Waals surface area contributed by atoms with Gasteiger partial charge in [0.05, 0.1) is 0 Å². The normalized spacial score (nSPS) is 20.7. The molecule has 2 atom stereocenters. The number of aryl methyl sites for hydroxylation is 1. The SMILES string of the molecule is Cc1ccc(Br)cc1C(N)C(C)N1CCNCC1. The van der Waals surface area contributed by atoms with Gasteiger partial charge in [0.1, 0.15) is 0 Å². The topological polar surface area (TPSA) is 41.3 Å². The van der Waals surface area contributed by atoms with Gasteiger partial charge in [-0.25, -0.2) is 0 Å². The summed E-state index contributed by atoms with van der Waals surface area (Å²) in [6.07, 6.45) is 0. The van der Waals surface area contributed by atoms with E-state index in [1.807, 2.05) is 0 Å². The molecule has 0 spiro atoms. The third-order valence-corrected chi connectivity index (χ3v) is 4.34. The first-order valence-corrected chi connectivity index (χ1v) is 7.35. The minimum Gasteiger partial charge on any atom is -0.323 e. The number of halogens is 1. The van der Waals surface area contributed by atoms with Crippen LogP contribution in [0.15, 0.2) is 22.7 Å². The second kappa shape index (κ2) is 6.15. The molecule has 0 radical (unpaired) electrons. The van der Waals surface area contributed by atoms with Crippen LogP contribution in [-0.2, 0) is 0 Å². The van der Waals surface area contributed by atoms with E-state index in [1.54, 1.807) is 0 Å². The van der Waals surface area contributed by atoms with Crippen LogP contribution in [0.2, 0.25) is 0 Å². The molecule has 3 nitrogen and oxygen atoms in total. The van der Waals surface area contributed by atoms with Crippen LogP contribution in [0.3, 0.4) is 0 Å². The van der Waals surface area contributed by atoms with Gasteiger partial charge in [-0.1, -0.05) is 22.0 Å². The summed E-state index contributed by atoms with van der Waals surface area (Å²) in [6, 6.07) is 6.80. The molecular weight excluding hydrogens is 290 g/mol. The van der Waals surface area contributed by atoms with Gasteiger partial charge in [-0.15, -0.1) is 0 Å². The van der Waals surface area contributed by atoms with E-state index in [0.29, 0.717) is 6.04 Å². The van der Waals surface area contributed by atoms with Crippen molar-refractivity contribution in [3.05, 3.63) is 33.8 Å². The van der Waals surface area contributed by atoms with Gasteiger partial charge in [-0.05, 0) is 37.1 Å². The summed E-state index contributed by atoms with van der Waals surface area (Å²) in [6.45, 7) is 8.66. The highest BCUT2D eigenvalue weighted by Gasteiger charge is 2.24. The summed E-state index contributed by atoms with van der Waals surface area (Å²) in [5.41, 5.74) is 8.97. The number of nitrogens with one attached hydrogen (secondary N) is 1. The van der Waals surface area contributed by atoms with Crippen LogP contribution in [0, 0.1) is 6.92 Å². The lowest BCUT2D eigenvalue weighted by Crippen LogP contribution is -2.50. The summed E-state index contributed by atoms with van der Waals surface area (Å²) in [5, 5.41) is 3.38. The Kier molecular flexibility index (Phi) is 4.78. The molecule has 18 heavy (non-hydrogen) atoms. The van der Waals surface area contributed by atoms with Crippen LogP contribution >= 0.6 is 15.9 Å². The first-order valence-electron chi connectivity index (χ1n) is 6.56. The Labute approximate surface area is 118 Å². The minimum atomic E-state index is 0.0700. The molecule has 0 aromatic heterocycles. The van der Waals surface area contributed by atoms with Crippen LogP contribution in [-0.4, -0.2) is 37.1 Å². The van der Waals surface area contributed by atoms with Crippen molar-refractivity contribution in [2.75, 3.05) is 26.2 Å². The number of benzene rings is 1. The molecule has 2 unspecified atom stereocenters. The summed E-state index contributed by atoms with van der Waals surface area (Å²) in [5.74, 6) is 0. The van der Waals surface area contributed by atoms with E-state index in [2.05, 4.69) is 58.2 Å². The fraction of sp³-hybridized carbons (Fsp3) is 0.571. The van der Waals surface area contributed by atoms with E-state index in [0.717, 1.165) is 30.7 Å². The zero-order valence-corrected chi connectivity index (χ0v) is 12.7. The van der Waals surface area contributed by atoms with Crippen molar-refractivity contribution in [2.45, 2.75) is 25.9 Å². The summed E-state index contributed by atoms with van der Waals surface area (Å²) < 4.78 is 1.10. The van der Waals surface area contributed by atoms with Crippen molar-refractivity contribution < 1.29 is 0 Å². The molecule has 0 aliphatic carbocycles. The van der Waals surface area contributed by atoms with Crippen molar-refractivity contribution >= 4 is 15.9 Å². The molecule has 3 N–H and O–H groups in total. The Morgan fingerprint density at radius 3 is 2.67 bits per heavy atom. The van der Waals surface area contributed by atoms with E-state index in [9.17, 15) is 0 Å². The Hall–Kier alpha value is -0.420. The molecule has 1 fully saturated rings. The lowest BCUT2D eigenvalue weighted by Gasteiger charge is -2.36. The summed E-state index contributed by atoms with van der Waals surface area (Å²) in [7, 11) is 0. The van der Waals surface area contributed by atoms with Crippen molar-refractivity contribution in [1.29, 1.82) is 0 Å². The average Bonchev–Trinajstić information content (AvgIpc) is 2.41. The molecule has 1 heterocycles. The number of nitrogens with two attached hydrogens (primary N) is 1. The molecule has 100 valence electrons. The van der Waals surface area contributed by atoms with Crippen molar-refractivity contribution in [3.63, 3.8) is 0 Å². The number of rotatable bonds is 3. The van der Waals surface area contributed by atoms with E-state index in [4.69, 9.17) is 5.73 Å². The maximum Gasteiger partial charge on any atom is 0.0453 e. The number of piperazine rings is 1. The van der Waals surface area contributed by atoms with Crippen molar-refractivity contribution in [1.82, 2.24) is 10.2 Å². The zero-order chi connectivity index (χ0) is 13.1. The Balaban J connectivity index is 2.13. The molecule has 1 saturated heterocycles. The lowest BCUT2D eigenvalue weighted by atomic mass is 9.96. The largest absolute Gasteiger partial charge is 0.323 e. The monoisotopic (exact) mass is 311 g/mol. The maximum absolute atomic E-state index is 6.46. The average molecular weight is 312 g/mol. The van der Waals surface area contributed by atoms with Crippen LogP contribution in [0.5, 0.6) is 0 Å². The van der Waals surface area contributed by atoms with E-state index in [1.165, 1.54) is 11.1 Å². The standard InChI is InChI=1S/C14H22BrN3/c1-10-3-4-12(15)9-13(10)14(16)11(2)18-7-5-17-6-8-18/h3-4,9,11,14,17H,5-8,16H2,1-2H3. The Bertz CT molecular complexity index is 402. The molecule has 4 heteroatoms. The molecule has 1 aromatic rings. The van der Waals surface area contributed by atoms with Crippen molar-refractivity contribution in [2.24, 2.45) is 5.73 Å². The van der Waals surface area contributed by atoms with Gasteiger partial charge in [0.15, 0.2) is 0 Å². The van der Waals surface area contributed by atoms with E-state index in [-0.39, 0.29) is 6.04 Å². The second-order valence-corrected chi connectivity index (χ2v) is 5.97. The lowest BCUT2D eigenvalue weighted by molar-refractivity contribution is 0.163. The Morgan fingerprint density at radius 2 is 2.00 bits per heavy atom. The Morgan fingerprint density at radius 1 is 1.33 bits per heavy atom. The van der Waals surface area contributed by atoms with Gasteiger partial charge in [-0.3, -0.25) is 4.90 Å². The maximum atomic E-state index is 6.46. The molecule has 0 amide bonds. The molecule has 0 saturated carbocycles. The number of nitrogens with zero attached hydrogens (tertiary/aromatic N) is 1. The highest BCUT2D eigenvalue weighted by atomic mass is 79.9. The molecular formula is C14H22BrN3. The predicted octanol–water partition coefficient (Wildman–Crippen LogP) is 2.05. The first-order chi connectivity index (χ1) is 8.59. The van der Waals surface area contributed by atoms with Crippen LogP contribution in [0.25, 0.3) is 0 Å². The summed E-state index contributed by atoms with van der Waals surface area (Å²) in [4.78, 5) is 2.47. The molecule has 2 rings (SSSR count). The number of hydrogen-bond acceptors (Lipinski definition) is 3. The van der Waals surface area contributed by atoms with Crippen LogP contribution < -0.4 is 11.1 Å². The van der Waals surface area contributed by atoms with E-state index >= 15 is 0 Å². The van der Waals surface area contributed by atoms with Crippen molar-refractivity contribution in [3.8, 4) is 0 Å². The second-order valence-electron chi connectivity index (χ2n) is 5.05. The smallest absolute Gasteiger partial charge is 0.0453 e. The van der Waals surface area contributed by atoms with Gasteiger partial charge in [0.2, 0.25) is 0 Å². The first kappa shape index (κ1) is 14.0. The van der Waals surface area contributed by atoms with Gasteiger partial charge < -0.3 is 11.1 Å². The quantitative estimate of drug-likeness (QED) is 0.897. The highest BCUT2D eigenvalue weighted by molar-refractivity contribution is 9.10. The van der Waals surface area contributed by atoms with Gasteiger partial charge in [-0.2, -0.15) is 0 Å². The van der Waals surface area contributed by atoms with Gasteiger partial charge >= 0.3 is 0 Å². The fourth-order valence-electron chi connectivity index (χ4n) is 2.55. The third-order valence-electron chi connectivity index (χ3n) is 3.85. The van der Waals surface area contributed by atoms with Gasteiger partial charge in [0.25, 0.3) is 0 Å². The van der Waals surface area contributed by atoms with Crippen LogP contribution in [0.1, 0.15) is 24.1 Å². The minimum absolute atomic E-state index is 0.0700. The summed E-state index contributed by atoms with van der Waals surface area (Å²) >= 11 is 3.53. The van der Waals surface area contributed by atoms with Crippen LogP contribution in [0.4, 0.5) is 0 Å². The fourth-order valence-corrected chi connectivity index (χ4v) is 2.93. The van der Waals surface area contributed by atoms with Gasteiger partial charge in [0, 0.05) is 42.7 Å². The number of hydrogen-bond donors (Lipinski definition) is 2.